The molecular weight excluding hydrogens is 426 g/mol. The number of anilines is 2. The zero-order valence-electron chi connectivity index (χ0n) is 17.8. The number of hydrogen-bond donors (Lipinski definition) is 2. The van der Waals surface area contributed by atoms with Gasteiger partial charge < -0.3 is 16.0 Å². The molecule has 3 aromatic heterocycles. The van der Waals surface area contributed by atoms with Gasteiger partial charge in [0, 0.05) is 13.6 Å². The highest BCUT2D eigenvalue weighted by Gasteiger charge is 2.34. The number of pyridine rings is 1. The number of carbonyl (C=O) groups is 2. The van der Waals surface area contributed by atoms with Crippen LogP contribution in [0.5, 0.6) is 0 Å². The van der Waals surface area contributed by atoms with Gasteiger partial charge in [0.25, 0.3) is 0 Å². The third kappa shape index (κ3) is 3.46. The summed E-state index contributed by atoms with van der Waals surface area (Å²) in [4.78, 5) is 36.5. The number of nitrogens with one attached hydrogen (secondary N) is 1. The normalized spacial score (nSPS) is 18.9. The SMILES string of the molecule is CC1CCC(c2ccc3scnc3c2)N(C(=O)C(=O)Nc2cnc(N)c3cnn(C)c23)C1. The van der Waals surface area contributed by atoms with Crippen molar-refractivity contribution in [1.82, 2.24) is 24.6 Å². The van der Waals surface area contributed by atoms with Gasteiger partial charge in [-0.1, -0.05) is 13.0 Å². The van der Waals surface area contributed by atoms with Crippen LogP contribution in [0.1, 0.15) is 31.4 Å². The first-order chi connectivity index (χ1) is 15.4. The van der Waals surface area contributed by atoms with Crippen LogP contribution >= 0.6 is 11.3 Å². The molecule has 9 nitrogen and oxygen atoms in total. The number of thiazole rings is 1. The van der Waals surface area contributed by atoms with Crippen LogP contribution in [0, 0.1) is 5.92 Å². The van der Waals surface area contributed by atoms with Crippen molar-refractivity contribution in [3.63, 3.8) is 0 Å². The summed E-state index contributed by atoms with van der Waals surface area (Å²) in [6.07, 6.45) is 4.83. The van der Waals surface area contributed by atoms with Crippen molar-refractivity contribution < 1.29 is 9.59 Å². The first-order valence-electron chi connectivity index (χ1n) is 10.4. The van der Waals surface area contributed by atoms with Crippen LogP contribution in [0.2, 0.25) is 0 Å². The average Bonchev–Trinajstić information content (AvgIpc) is 3.41. The molecule has 1 aromatic carbocycles. The van der Waals surface area contributed by atoms with Crippen molar-refractivity contribution in [3.8, 4) is 0 Å². The Morgan fingerprint density at radius 1 is 1.22 bits per heavy atom. The van der Waals surface area contributed by atoms with Crippen molar-refractivity contribution in [2.45, 2.75) is 25.8 Å². The first kappa shape index (κ1) is 20.4. The van der Waals surface area contributed by atoms with E-state index >= 15 is 0 Å². The maximum absolute atomic E-state index is 13.3. The first-order valence-corrected chi connectivity index (χ1v) is 11.3. The minimum absolute atomic E-state index is 0.170. The number of fused-ring (bicyclic) bond motifs is 2. The number of hydrogen-bond acceptors (Lipinski definition) is 7. The van der Waals surface area contributed by atoms with Gasteiger partial charge in [-0.15, -0.1) is 11.3 Å². The molecule has 3 N–H and O–H groups in total. The Kier molecular flexibility index (Phi) is 5.01. The molecule has 0 aliphatic carbocycles. The van der Waals surface area contributed by atoms with Gasteiger partial charge in [0.2, 0.25) is 0 Å². The number of aromatic nitrogens is 4. The molecule has 2 unspecified atom stereocenters. The van der Waals surface area contributed by atoms with Crippen molar-refractivity contribution in [2.24, 2.45) is 13.0 Å². The molecule has 164 valence electrons. The molecule has 0 saturated carbocycles. The van der Waals surface area contributed by atoms with Gasteiger partial charge in [-0.25, -0.2) is 9.97 Å². The van der Waals surface area contributed by atoms with E-state index in [1.807, 2.05) is 23.7 Å². The summed E-state index contributed by atoms with van der Waals surface area (Å²) in [5, 5.41) is 7.54. The summed E-state index contributed by atoms with van der Waals surface area (Å²) in [5.41, 5.74) is 10.7. The molecule has 10 heteroatoms. The summed E-state index contributed by atoms with van der Waals surface area (Å²) >= 11 is 1.58. The largest absolute Gasteiger partial charge is 0.383 e. The van der Waals surface area contributed by atoms with Crippen molar-refractivity contribution in [2.75, 3.05) is 17.6 Å². The Hall–Kier alpha value is -3.53. The fraction of sp³-hybridized carbons (Fsp3) is 0.318. The molecule has 1 fully saturated rings. The van der Waals surface area contributed by atoms with E-state index in [-0.39, 0.29) is 6.04 Å². The third-order valence-electron chi connectivity index (χ3n) is 6.06. The summed E-state index contributed by atoms with van der Waals surface area (Å²) in [7, 11) is 1.75. The second kappa shape index (κ2) is 7.86. The molecule has 4 aromatic rings. The predicted octanol–water partition coefficient (Wildman–Crippen LogP) is 3.10. The molecule has 1 saturated heterocycles. The number of nitrogen functional groups attached to an aromatic ring is 1. The zero-order chi connectivity index (χ0) is 22.4. The number of aryl methyl sites for hydroxylation is 1. The second-order valence-corrected chi connectivity index (χ2v) is 9.16. The van der Waals surface area contributed by atoms with E-state index in [9.17, 15) is 9.59 Å². The number of amides is 2. The molecular formula is C22H23N7O2S. The van der Waals surface area contributed by atoms with Gasteiger partial charge in [0.1, 0.15) is 5.82 Å². The quantitative estimate of drug-likeness (QED) is 0.454. The maximum Gasteiger partial charge on any atom is 0.314 e. The molecule has 0 radical (unpaired) electrons. The number of rotatable bonds is 2. The van der Waals surface area contributed by atoms with E-state index < -0.39 is 11.8 Å². The fourth-order valence-corrected chi connectivity index (χ4v) is 5.07. The maximum atomic E-state index is 13.3. The molecule has 1 aliphatic heterocycles. The van der Waals surface area contributed by atoms with Gasteiger partial charge in [0.15, 0.2) is 0 Å². The van der Waals surface area contributed by atoms with Crippen molar-refractivity contribution >= 4 is 55.8 Å². The standard InChI is InChI=1S/C22H23N7O2S/c1-12-3-5-17(13-4-6-18-15(7-13)25-11-32-18)29(10-12)22(31)21(30)27-16-9-24-20(23)14-8-26-28(2)19(14)16/h4,6-9,11-12,17H,3,5,10H2,1-2H3,(H2,23,24)(H,27,30). The van der Waals surface area contributed by atoms with Gasteiger partial charge in [-0.3, -0.25) is 14.3 Å². The lowest BCUT2D eigenvalue weighted by Gasteiger charge is -2.38. The summed E-state index contributed by atoms with van der Waals surface area (Å²) in [6.45, 7) is 2.62. The number of nitrogens with zero attached hydrogens (tertiary/aromatic N) is 5. The zero-order valence-corrected chi connectivity index (χ0v) is 18.6. The number of likely N-dealkylation sites (tertiary alicyclic amines) is 1. The van der Waals surface area contributed by atoms with E-state index in [4.69, 9.17) is 5.73 Å². The fourth-order valence-electron chi connectivity index (χ4n) is 4.41. The van der Waals surface area contributed by atoms with Gasteiger partial charge in [0.05, 0.1) is 50.8 Å². The molecule has 0 spiro atoms. The van der Waals surface area contributed by atoms with E-state index in [2.05, 4.69) is 27.3 Å². The monoisotopic (exact) mass is 449 g/mol. The van der Waals surface area contributed by atoms with Crippen LogP contribution in [0.3, 0.4) is 0 Å². The highest BCUT2D eigenvalue weighted by molar-refractivity contribution is 7.16. The lowest BCUT2D eigenvalue weighted by atomic mass is 9.89. The van der Waals surface area contributed by atoms with Crippen LogP contribution < -0.4 is 11.1 Å². The number of piperidine rings is 1. The summed E-state index contributed by atoms with van der Waals surface area (Å²) in [6, 6.07) is 5.91. The van der Waals surface area contributed by atoms with Crippen molar-refractivity contribution in [1.29, 1.82) is 0 Å². The van der Waals surface area contributed by atoms with Crippen LogP contribution in [-0.4, -0.2) is 43.0 Å². The highest BCUT2D eigenvalue weighted by atomic mass is 32.1. The Balaban J connectivity index is 1.44. The molecule has 32 heavy (non-hydrogen) atoms. The minimum atomic E-state index is -0.701. The summed E-state index contributed by atoms with van der Waals surface area (Å²) in [5.74, 6) is -0.632. The second-order valence-electron chi connectivity index (χ2n) is 8.28. The Morgan fingerprint density at radius 2 is 2.06 bits per heavy atom. The Morgan fingerprint density at radius 3 is 2.91 bits per heavy atom. The predicted molar refractivity (Wildman–Crippen MR) is 124 cm³/mol. The van der Waals surface area contributed by atoms with E-state index in [1.165, 1.54) is 6.20 Å². The van der Waals surface area contributed by atoms with Crippen LogP contribution in [0.25, 0.3) is 21.1 Å². The lowest BCUT2D eigenvalue weighted by molar-refractivity contribution is -0.146. The molecule has 0 bridgehead atoms. The van der Waals surface area contributed by atoms with Gasteiger partial charge in [-0.2, -0.15) is 5.10 Å². The van der Waals surface area contributed by atoms with Gasteiger partial charge >= 0.3 is 11.8 Å². The number of nitrogens with two attached hydrogens (primary N) is 1. The molecule has 2 atom stereocenters. The topological polar surface area (TPSA) is 119 Å². The number of carbonyl (C=O) groups excluding carboxylic acids is 2. The average molecular weight is 450 g/mol. The number of benzene rings is 1. The Labute approximate surface area is 188 Å². The third-order valence-corrected chi connectivity index (χ3v) is 6.87. The van der Waals surface area contributed by atoms with Crippen molar-refractivity contribution in [3.05, 3.63) is 41.7 Å². The van der Waals surface area contributed by atoms with E-state index in [0.29, 0.717) is 34.9 Å². The minimum Gasteiger partial charge on any atom is -0.383 e. The van der Waals surface area contributed by atoms with E-state index in [1.54, 1.807) is 34.2 Å². The van der Waals surface area contributed by atoms with E-state index in [0.717, 1.165) is 28.6 Å². The summed E-state index contributed by atoms with van der Waals surface area (Å²) < 4.78 is 2.70. The highest BCUT2D eigenvalue weighted by Crippen LogP contribution is 2.35. The Bertz CT molecular complexity index is 1340. The molecule has 1 aliphatic rings. The van der Waals surface area contributed by atoms with Crippen LogP contribution in [0.4, 0.5) is 11.5 Å². The molecule has 4 heterocycles. The molecule has 5 rings (SSSR count). The smallest absolute Gasteiger partial charge is 0.314 e. The molecule has 2 amide bonds. The van der Waals surface area contributed by atoms with Crippen LogP contribution in [-0.2, 0) is 16.6 Å². The van der Waals surface area contributed by atoms with Crippen LogP contribution in [0.15, 0.2) is 36.1 Å². The van der Waals surface area contributed by atoms with Gasteiger partial charge in [-0.05, 0) is 36.5 Å². The lowest BCUT2D eigenvalue weighted by Crippen LogP contribution is -2.46.